The van der Waals surface area contributed by atoms with E-state index in [1.165, 1.54) is 6.42 Å². The van der Waals surface area contributed by atoms with Gasteiger partial charge in [0.15, 0.2) is 11.5 Å². The summed E-state index contributed by atoms with van der Waals surface area (Å²) in [6.07, 6.45) is 4.00. The van der Waals surface area contributed by atoms with Crippen LogP contribution in [0.15, 0.2) is 12.3 Å². The van der Waals surface area contributed by atoms with Crippen LogP contribution in [0, 0.1) is 0 Å². The normalized spacial score (nSPS) is 10.5. The summed E-state index contributed by atoms with van der Waals surface area (Å²) < 4.78 is 16.0. The van der Waals surface area contributed by atoms with E-state index in [1.807, 2.05) is 0 Å². The van der Waals surface area contributed by atoms with E-state index in [1.54, 1.807) is 26.5 Å². The van der Waals surface area contributed by atoms with Crippen LogP contribution in [-0.4, -0.2) is 39.0 Å². The summed E-state index contributed by atoms with van der Waals surface area (Å²) in [4.78, 5) is 4.30. The van der Waals surface area contributed by atoms with Gasteiger partial charge >= 0.3 is 0 Å². The Labute approximate surface area is 115 Å². The van der Waals surface area contributed by atoms with Crippen LogP contribution in [0.3, 0.4) is 0 Å². The number of nitrogens with one attached hydrogen (secondary N) is 1. The highest BCUT2D eigenvalue weighted by Gasteiger charge is 2.09. The van der Waals surface area contributed by atoms with Crippen molar-refractivity contribution < 1.29 is 14.2 Å². The lowest BCUT2D eigenvalue weighted by molar-refractivity contribution is 0.132. The van der Waals surface area contributed by atoms with E-state index in [9.17, 15) is 0 Å². The SMILES string of the molecule is CCCCOCCNCc1nccc(OC)c1OC. The minimum atomic E-state index is 0.636. The van der Waals surface area contributed by atoms with Crippen LogP contribution in [0.5, 0.6) is 11.5 Å². The molecule has 1 rings (SSSR count). The Bertz CT molecular complexity index is 359. The van der Waals surface area contributed by atoms with Crippen LogP contribution in [0.25, 0.3) is 0 Å². The topological polar surface area (TPSA) is 52.6 Å². The highest BCUT2D eigenvalue weighted by molar-refractivity contribution is 5.42. The molecular formula is C14H24N2O3. The second kappa shape index (κ2) is 9.58. The van der Waals surface area contributed by atoms with Crippen LogP contribution >= 0.6 is 0 Å². The molecule has 1 aromatic heterocycles. The standard InChI is InChI=1S/C14H24N2O3/c1-4-5-9-19-10-8-15-11-12-14(18-3)13(17-2)6-7-16-12/h6-7,15H,4-5,8-11H2,1-3H3. The molecule has 0 bridgehead atoms. The lowest BCUT2D eigenvalue weighted by Crippen LogP contribution is -2.20. The molecule has 0 aliphatic heterocycles. The minimum absolute atomic E-state index is 0.636. The first kappa shape index (κ1) is 15.7. The van der Waals surface area contributed by atoms with Crippen LogP contribution in [0.2, 0.25) is 0 Å². The molecule has 0 amide bonds. The molecule has 0 spiro atoms. The van der Waals surface area contributed by atoms with E-state index >= 15 is 0 Å². The molecule has 0 aromatic carbocycles. The molecule has 5 heteroatoms. The maximum absolute atomic E-state index is 5.47. The molecular weight excluding hydrogens is 244 g/mol. The fraction of sp³-hybridized carbons (Fsp3) is 0.643. The average molecular weight is 268 g/mol. The molecule has 1 aromatic rings. The molecule has 108 valence electrons. The fourth-order valence-electron chi connectivity index (χ4n) is 1.68. The molecule has 0 fully saturated rings. The summed E-state index contributed by atoms with van der Waals surface area (Å²) in [6, 6.07) is 1.79. The number of nitrogens with zero attached hydrogens (tertiary/aromatic N) is 1. The number of aromatic nitrogens is 1. The van der Waals surface area contributed by atoms with E-state index in [0.29, 0.717) is 24.7 Å². The van der Waals surface area contributed by atoms with Crippen molar-refractivity contribution in [1.29, 1.82) is 0 Å². The van der Waals surface area contributed by atoms with Crippen molar-refractivity contribution in [2.75, 3.05) is 34.0 Å². The Morgan fingerprint density at radius 3 is 2.74 bits per heavy atom. The third-order valence-corrected chi connectivity index (χ3v) is 2.72. The summed E-state index contributed by atoms with van der Waals surface area (Å²) in [6.45, 7) is 5.14. The number of unbranched alkanes of at least 4 members (excludes halogenated alkanes) is 1. The van der Waals surface area contributed by atoms with Crippen LogP contribution in [-0.2, 0) is 11.3 Å². The molecule has 0 aliphatic carbocycles. The maximum atomic E-state index is 5.47. The van der Waals surface area contributed by atoms with Crippen molar-refractivity contribution in [2.24, 2.45) is 0 Å². The Morgan fingerprint density at radius 1 is 1.21 bits per heavy atom. The summed E-state index contributed by atoms with van der Waals surface area (Å²) in [5, 5.41) is 3.28. The quantitative estimate of drug-likeness (QED) is 0.658. The van der Waals surface area contributed by atoms with Gasteiger partial charge in [0.1, 0.15) is 0 Å². The molecule has 19 heavy (non-hydrogen) atoms. The Morgan fingerprint density at radius 2 is 2.05 bits per heavy atom. The van der Waals surface area contributed by atoms with Gasteiger partial charge in [0.25, 0.3) is 0 Å². The van der Waals surface area contributed by atoms with Gasteiger partial charge in [0.2, 0.25) is 0 Å². The summed E-state index contributed by atoms with van der Waals surface area (Å²) in [5.41, 5.74) is 0.843. The van der Waals surface area contributed by atoms with E-state index in [-0.39, 0.29) is 0 Å². The van der Waals surface area contributed by atoms with Crippen LogP contribution in [0.4, 0.5) is 0 Å². The second-order valence-corrected chi connectivity index (χ2v) is 4.14. The van der Waals surface area contributed by atoms with Crippen molar-refractivity contribution in [3.63, 3.8) is 0 Å². The number of rotatable bonds is 10. The first-order valence-electron chi connectivity index (χ1n) is 6.67. The number of pyridine rings is 1. The van der Waals surface area contributed by atoms with Gasteiger partial charge in [0.05, 0.1) is 26.5 Å². The molecule has 0 saturated carbocycles. The number of methoxy groups -OCH3 is 2. The van der Waals surface area contributed by atoms with Crippen molar-refractivity contribution in [2.45, 2.75) is 26.3 Å². The molecule has 0 aliphatic rings. The van der Waals surface area contributed by atoms with Gasteiger partial charge < -0.3 is 19.5 Å². The van der Waals surface area contributed by atoms with Gasteiger partial charge in [-0.05, 0) is 6.42 Å². The van der Waals surface area contributed by atoms with Crippen LogP contribution < -0.4 is 14.8 Å². The fourth-order valence-corrected chi connectivity index (χ4v) is 1.68. The third-order valence-electron chi connectivity index (χ3n) is 2.72. The summed E-state index contributed by atoms with van der Waals surface area (Å²) in [7, 11) is 3.24. The molecule has 5 nitrogen and oxygen atoms in total. The van der Waals surface area contributed by atoms with E-state index in [0.717, 1.165) is 25.3 Å². The minimum Gasteiger partial charge on any atom is -0.493 e. The van der Waals surface area contributed by atoms with Crippen molar-refractivity contribution >= 4 is 0 Å². The average Bonchev–Trinajstić information content (AvgIpc) is 2.45. The van der Waals surface area contributed by atoms with Gasteiger partial charge in [-0.3, -0.25) is 4.98 Å². The molecule has 0 radical (unpaired) electrons. The first-order valence-corrected chi connectivity index (χ1v) is 6.67. The summed E-state index contributed by atoms with van der Waals surface area (Å²) in [5.74, 6) is 1.39. The zero-order valence-electron chi connectivity index (χ0n) is 12.1. The zero-order chi connectivity index (χ0) is 13.9. The zero-order valence-corrected chi connectivity index (χ0v) is 12.1. The van der Waals surface area contributed by atoms with E-state index in [4.69, 9.17) is 14.2 Å². The first-order chi connectivity index (χ1) is 9.33. The predicted octanol–water partition coefficient (Wildman–Crippen LogP) is 2.01. The Hall–Kier alpha value is -1.33. The van der Waals surface area contributed by atoms with Crippen molar-refractivity contribution in [3.8, 4) is 11.5 Å². The van der Waals surface area contributed by atoms with Crippen molar-refractivity contribution in [1.82, 2.24) is 10.3 Å². The molecule has 0 atom stereocenters. The Balaban J connectivity index is 2.33. The van der Waals surface area contributed by atoms with Gasteiger partial charge in [-0.2, -0.15) is 0 Å². The number of ether oxygens (including phenoxy) is 3. The molecule has 1 heterocycles. The van der Waals surface area contributed by atoms with E-state index in [2.05, 4.69) is 17.2 Å². The van der Waals surface area contributed by atoms with Gasteiger partial charge in [-0.1, -0.05) is 13.3 Å². The summed E-state index contributed by atoms with van der Waals surface area (Å²) >= 11 is 0. The molecule has 0 unspecified atom stereocenters. The molecule has 1 N–H and O–H groups in total. The highest BCUT2D eigenvalue weighted by atomic mass is 16.5. The van der Waals surface area contributed by atoms with E-state index < -0.39 is 0 Å². The predicted molar refractivity (Wildman–Crippen MR) is 74.8 cm³/mol. The van der Waals surface area contributed by atoms with Crippen molar-refractivity contribution in [3.05, 3.63) is 18.0 Å². The lowest BCUT2D eigenvalue weighted by Gasteiger charge is -2.12. The third kappa shape index (κ3) is 5.44. The van der Waals surface area contributed by atoms with Gasteiger partial charge in [-0.25, -0.2) is 0 Å². The lowest BCUT2D eigenvalue weighted by atomic mass is 10.3. The second-order valence-electron chi connectivity index (χ2n) is 4.14. The molecule has 0 saturated heterocycles. The Kier molecular flexibility index (Phi) is 7.93. The number of hydrogen-bond acceptors (Lipinski definition) is 5. The van der Waals surface area contributed by atoms with Gasteiger partial charge in [0, 0.05) is 32.0 Å². The smallest absolute Gasteiger partial charge is 0.183 e. The highest BCUT2D eigenvalue weighted by Crippen LogP contribution is 2.28. The maximum Gasteiger partial charge on any atom is 0.183 e. The van der Waals surface area contributed by atoms with Gasteiger partial charge in [-0.15, -0.1) is 0 Å². The number of hydrogen-bond donors (Lipinski definition) is 1. The van der Waals surface area contributed by atoms with Crippen LogP contribution in [0.1, 0.15) is 25.5 Å². The largest absolute Gasteiger partial charge is 0.493 e. The monoisotopic (exact) mass is 268 g/mol.